The van der Waals surface area contributed by atoms with Gasteiger partial charge >= 0.3 is 0 Å². The van der Waals surface area contributed by atoms with Gasteiger partial charge in [0.1, 0.15) is 0 Å². The normalized spacial score (nSPS) is 10.0. The quantitative estimate of drug-likeness (QED) is 0.720. The lowest BCUT2D eigenvalue weighted by Gasteiger charge is -1.99. The molecule has 13 heavy (non-hydrogen) atoms. The van der Waals surface area contributed by atoms with E-state index in [4.69, 9.17) is 11.6 Å². The van der Waals surface area contributed by atoms with Crippen LogP contribution >= 0.6 is 23.4 Å². The van der Waals surface area contributed by atoms with Gasteiger partial charge in [0.15, 0.2) is 0 Å². The summed E-state index contributed by atoms with van der Waals surface area (Å²) in [5, 5.41) is 0.0978. The van der Waals surface area contributed by atoms with Crippen molar-refractivity contribution in [2.24, 2.45) is 0 Å². The molecule has 0 aromatic heterocycles. The number of thioether (sulfide) groups is 1. The van der Waals surface area contributed by atoms with Crippen molar-refractivity contribution in [3.05, 3.63) is 35.4 Å². The second kappa shape index (κ2) is 5.30. The number of alkyl halides is 1. The first-order valence-electron chi connectivity index (χ1n) is 4.04. The molecule has 3 heteroatoms. The summed E-state index contributed by atoms with van der Waals surface area (Å²) in [5.74, 6) is 1.19. The Hall–Kier alpha value is -0.470. The van der Waals surface area contributed by atoms with E-state index < -0.39 is 0 Å². The molecule has 1 aromatic rings. The molecule has 1 aromatic carbocycles. The van der Waals surface area contributed by atoms with Crippen LogP contribution in [0.3, 0.4) is 0 Å². The SMILES string of the molecule is Cc1ccc(C(=O)SCCCl)cc1. The van der Waals surface area contributed by atoms with Crippen molar-refractivity contribution in [3.8, 4) is 0 Å². The lowest BCUT2D eigenvalue weighted by Crippen LogP contribution is -1.95. The summed E-state index contributed by atoms with van der Waals surface area (Å²) in [6, 6.07) is 7.57. The molecule has 0 unspecified atom stereocenters. The summed E-state index contributed by atoms with van der Waals surface area (Å²) in [5.41, 5.74) is 1.92. The molecule has 70 valence electrons. The molecule has 0 saturated carbocycles. The molecular weight excluding hydrogens is 204 g/mol. The molecule has 0 spiro atoms. The number of aryl methyl sites for hydroxylation is 1. The van der Waals surface area contributed by atoms with E-state index in [0.717, 1.165) is 5.56 Å². The number of hydrogen-bond acceptors (Lipinski definition) is 2. The third-order valence-corrected chi connectivity index (χ3v) is 2.92. The summed E-state index contributed by atoms with van der Waals surface area (Å²) >= 11 is 6.75. The molecule has 1 nitrogen and oxygen atoms in total. The van der Waals surface area contributed by atoms with Gasteiger partial charge < -0.3 is 0 Å². The van der Waals surface area contributed by atoms with Gasteiger partial charge in [0, 0.05) is 17.2 Å². The molecule has 0 N–H and O–H groups in total. The van der Waals surface area contributed by atoms with Gasteiger partial charge in [-0.15, -0.1) is 11.6 Å². The van der Waals surface area contributed by atoms with E-state index in [2.05, 4.69) is 0 Å². The number of rotatable bonds is 3. The Labute approximate surface area is 87.5 Å². The van der Waals surface area contributed by atoms with Gasteiger partial charge in [-0.2, -0.15) is 0 Å². The van der Waals surface area contributed by atoms with Gasteiger partial charge in [-0.1, -0.05) is 41.6 Å². The lowest BCUT2D eigenvalue weighted by molar-refractivity contribution is 0.108. The highest BCUT2D eigenvalue weighted by molar-refractivity contribution is 8.14. The Kier molecular flexibility index (Phi) is 4.33. The number of carbonyl (C=O) groups excluding carboxylic acids is 1. The summed E-state index contributed by atoms with van der Waals surface area (Å²) in [6.07, 6.45) is 0. The van der Waals surface area contributed by atoms with Gasteiger partial charge in [0.05, 0.1) is 0 Å². The fourth-order valence-electron chi connectivity index (χ4n) is 0.904. The Morgan fingerprint density at radius 2 is 2.00 bits per heavy atom. The van der Waals surface area contributed by atoms with Gasteiger partial charge in [-0.25, -0.2) is 0 Å². The Morgan fingerprint density at radius 3 is 2.54 bits per heavy atom. The van der Waals surface area contributed by atoms with Gasteiger partial charge in [-0.05, 0) is 6.92 Å². The first-order chi connectivity index (χ1) is 6.24. The lowest BCUT2D eigenvalue weighted by atomic mass is 10.2. The van der Waals surface area contributed by atoms with Crippen LogP contribution in [-0.4, -0.2) is 16.7 Å². The molecule has 0 amide bonds. The van der Waals surface area contributed by atoms with Crippen LogP contribution in [-0.2, 0) is 0 Å². The van der Waals surface area contributed by atoms with Crippen molar-refractivity contribution in [1.29, 1.82) is 0 Å². The van der Waals surface area contributed by atoms with Crippen LogP contribution in [0.2, 0.25) is 0 Å². The van der Waals surface area contributed by atoms with E-state index in [1.165, 1.54) is 17.3 Å². The summed E-state index contributed by atoms with van der Waals surface area (Å²) < 4.78 is 0. The Morgan fingerprint density at radius 1 is 1.38 bits per heavy atom. The first-order valence-corrected chi connectivity index (χ1v) is 5.56. The van der Waals surface area contributed by atoms with E-state index in [1.807, 2.05) is 31.2 Å². The molecule has 0 fully saturated rings. The van der Waals surface area contributed by atoms with Gasteiger partial charge in [0.25, 0.3) is 0 Å². The highest BCUT2D eigenvalue weighted by Crippen LogP contribution is 2.13. The molecule has 0 aliphatic rings. The summed E-state index contributed by atoms with van der Waals surface area (Å²) in [7, 11) is 0. The second-order valence-electron chi connectivity index (χ2n) is 2.69. The largest absolute Gasteiger partial charge is 0.282 e. The van der Waals surface area contributed by atoms with E-state index in [-0.39, 0.29) is 5.12 Å². The highest BCUT2D eigenvalue weighted by atomic mass is 35.5. The third-order valence-electron chi connectivity index (χ3n) is 1.60. The smallest absolute Gasteiger partial charge is 0.219 e. The molecule has 0 bridgehead atoms. The van der Waals surface area contributed by atoms with Crippen LogP contribution in [0.5, 0.6) is 0 Å². The standard InChI is InChI=1S/C10H11ClOS/c1-8-2-4-9(5-3-8)10(12)13-7-6-11/h2-5H,6-7H2,1H3. The number of halogens is 1. The predicted molar refractivity (Wildman–Crippen MR) is 58.7 cm³/mol. The maximum atomic E-state index is 11.4. The molecule has 0 radical (unpaired) electrons. The van der Waals surface area contributed by atoms with Crippen molar-refractivity contribution in [1.82, 2.24) is 0 Å². The maximum absolute atomic E-state index is 11.4. The van der Waals surface area contributed by atoms with Crippen LogP contribution in [0.15, 0.2) is 24.3 Å². The van der Waals surface area contributed by atoms with Crippen molar-refractivity contribution < 1.29 is 4.79 Å². The predicted octanol–water partition coefficient (Wildman–Crippen LogP) is 3.11. The zero-order valence-corrected chi connectivity index (χ0v) is 8.99. The summed E-state index contributed by atoms with van der Waals surface area (Å²) in [4.78, 5) is 11.4. The molecular formula is C10H11ClOS. The van der Waals surface area contributed by atoms with Gasteiger partial charge in [0.2, 0.25) is 5.12 Å². The minimum Gasteiger partial charge on any atom is -0.282 e. The fourth-order valence-corrected chi connectivity index (χ4v) is 1.70. The van der Waals surface area contributed by atoms with Crippen LogP contribution in [0, 0.1) is 6.92 Å². The average molecular weight is 215 g/mol. The first kappa shape index (κ1) is 10.6. The zero-order valence-electron chi connectivity index (χ0n) is 7.42. The van der Waals surface area contributed by atoms with Gasteiger partial charge in [-0.3, -0.25) is 4.79 Å². The third kappa shape index (κ3) is 3.41. The topological polar surface area (TPSA) is 17.1 Å². The monoisotopic (exact) mass is 214 g/mol. The van der Waals surface area contributed by atoms with Crippen LogP contribution in [0.1, 0.15) is 15.9 Å². The number of benzene rings is 1. The van der Waals surface area contributed by atoms with E-state index >= 15 is 0 Å². The second-order valence-corrected chi connectivity index (χ2v) is 4.14. The van der Waals surface area contributed by atoms with E-state index in [0.29, 0.717) is 11.6 Å². The summed E-state index contributed by atoms with van der Waals surface area (Å²) in [6.45, 7) is 2.00. The highest BCUT2D eigenvalue weighted by Gasteiger charge is 2.04. The fraction of sp³-hybridized carbons (Fsp3) is 0.300. The van der Waals surface area contributed by atoms with Crippen molar-refractivity contribution in [2.75, 3.05) is 11.6 Å². The van der Waals surface area contributed by atoms with Crippen molar-refractivity contribution in [2.45, 2.75) is 6.92 Å². The number of carbonyl (C=O) groups is 1. The van der Waals surface area contributed by atoms with Crippen LogP contribution < -0.4 is 0 Å². The molecule has 1 rings (SSSR count). The Balaban J connectivity index is 2.61. The van der Waals surface area contributed by atoms with Crippen LogP contribution in [0.4, 0.5) is 0 Å². The van der Waals surface area contributed by atoms with Crippen LogP contribution in [0.25, 0.3) is 0 Å². The van der Waals surface area contributed by atoms with Crippen molar-refractivity contribution in [3.63, 3.8) is 0 Å². The molecule has 0 aliphatic carbocycles. The zero-order chi connectivity index (χ0) is 9.68. The average Bonchev–Trinajstić information content (AvgIpc) is 2.15. The van der Waals surface area contributed by atoms with Crippen molar-refractivity contribution >= 4 is 28.5 Å². The Bertz CT molecular complexity index is 281. The molecule has 0 aliphatic heterocycles. The molecule has 0 atom stereocenters. The molecule has 0 saturated heterocycles. The minimum absolute atomic E-state index is 0.0978. The minimum atomic E-state index is 0.0978. The van der Waals surface area contributed by atoms with E-state index in [9.17, 15) is 4.79 Å². The maximum Gasteiger partial charge on any atom is 0.219 e. The number of hydrogen-bond donors (Lipinski definition) is 0. The molecule has 0 heterocycles. The van der Waals surface area contributed by atoms with E-state index in [1.54, 1.807) is 0 Å².